The van der Waals surface area contributed by atoms with Crippen molar-refractivity contribution < 1.29 is 28.2 Å². The van der Waals surface area contributed by atoms with E-state index >= 15 is 0 Å². The zero-order valence-corrected chi connectivity index (χ0v) is 18.5. The number of halogens is 1. The van der Waals surface area contributed by atoms with Gasteiger partial charge < -0.3 is 9.47 Å². The molecule has 0 spiro atoms. The lowest BCUT2D eigenvalue weighted by Gasteiger charge is -2.26. The first kappa shape index (κ1) is 22.7. The lowest BCUT2D eigenvalue weighted by atomic mass is 10.1. The molecule has 0 bridgehead atoms. The molecule has 8 heteroatoms. The molecule has 1 heterocycles. The van der Waals surface area contributed by atoms with Gasteiger partial charge in [-0.2, -0.15) is 0 Å². The Morgan fingerprint density at radius 1 is 1.00 bits per heavy atom. The van der Waals surface area contributed by atoms with E-state index in [4.69, 9.17) is 9.47 Å². The summed E-state index contributed by atoms with van der Waals surface area (Å²) < 4.78 is 25.5. The van der Waals surface area contributed by atoms with Crippen LogP contribution in [0.15, 0.2) is 72.3 Å². The second kappa shape index (κ2) is 9.58. The quantitative estimate of drug-likeness (QED) is 0.436. The van der Waals surface area contributed by atoms with Gasteiger partial charge in [-0.25, -0.2) is 14.1 Å². The summed E-state index contributed by atoms with van der Waals surface area (Å²) in [5.41, 5.74) is 1.83. The van der Waals surface area contributed by atoms with E-state index in [0.717, 1.165) is 17.2 Å². The minimum Gasteiger partial charge on any atom is -0.497 e. The predicted molar refractivity (Wildman–Crippen MR) is 124 cm³/mol. The number of carbonyl (C=O) groups excluding carboxylic acids is 3. The highest BCUT2D eigenvalue weighted by atomic mass is 19.1. The number of carbonyl (C=O) groups is 3. The van der Waals surface area contributed by atoms with Crippen LogP contribution in [0.1, 0.15) is 16.7 Å². The lowest BCUT2D eigenvalue weighted by molar-refractivity contribution is -0.122. The van der Waals surface area contributed by atoms with Crippen LogP contribution >= 0.6 is 0 Å². The van der Waals surface area contributed by atoms with Crippen molar-refractivity contribution in [2.24, 2.45) is 0 Å². The molecule has 1 N–H and O–H groups in total. The molecule has 0 unspecified atom stereocenters. The third-order valence-electron chi connectivity index (χ3n) is 5.19. The van der Waals surface area contributed by atoms with Gasteiger partial charge in [0.25, 0.3) is 11.8 Å². The second-order valence-corrected chi connectivity index (χ2v) is 7.59. The molecule has 4 rings (SSSR count). The molecule has 0 aromatic heterocycles. The summed E-state index contributed by atoms with van der Waals surface area (Å²) in [7, 11) is 1.51. The summed E-state index contributed by atoms with van der Waals surface area (Å²) in [4.78, 5) is 38.6. The number of hydrogen-bond acceptors (Lipinski definition) is 5. The van der Waals surface area contributed by atoms with Crippen molar-refractivity contribution in [1.29, 1.82) is 0 Å². The standard InChI is InChI=1S/C26H21FN2O5/c1-16-6-5-7-17(12-16)15-34-23-14-19(33-2)11-10-18(23)13-20-24(30)28-26(32)29(25(20)31)22-9-4-3-8-21(22)27/h3-14H,15H2,1-2H3,(H,28,30,32)/b20-13-. The summed E-state index contributed by atoms with van der Waals surface area (Å²) in [6.07, 6.45) is 1.31. The zero-order valence-electron chi connectivity index (χ0n) is 18.5. The lowest BCUT2D eigenvalue weighted by Crippen LogP contribution is -2.54. The summed E-state index contributed by atoms with van der Waals surface area (Å²) in [6.45, 7) is 2.21. The molecular formula is C26H21FN2O5. The number of nitrogens with zero attached hydrogens (tertiary/aromatic N) is 1. The fourth-order valence-corrected chi connectivity index (χ4v) is 3.51. The summed E-state index contributed by atoms with van der Waals surface area (Å²) >= 11 is 0. The fraction of sp³-hybridized carbons (Fsp3) is 0.115. The molecular weight excluding hydrogens is 439 g/mol. The highest BCUT2D eigenvalue weighted by Crippen LogP contribution is 2.30. The maximum Gasteiger partial charge on any atom is 0.336 e. The third-order valence-corrected chi connectivity index (χ3v) is 5.19. The number of para-hydroxylation sites is 1. The molecule has 3 aromatic carbocycles. The highest BCUT2D eigenvalue weighted by molar-refractivity contribution is 6.39. The van der Waals surface area contributed by atoms with Gasteiger partial charge in [0.2, 0.25) is 0 Å². The van der Waals surface area contributed by atoms with E-state index < -0.39 is 23.7 Å². The average Bonchev–Trinajstić information content (AvgIpc) is 2.82. The SMILES string of the molecule is COc1ccc(/C=C2/C(=O)NC(=O)N(c3ccccc3F)C2=O)c(OCc2cccc(C)c2)c1. The van der Waals surface area contributed by atoms with Crippen molar-refractivity contribution in [1.82, 2.24) is 5.32 Å². The van der Waals surface area contributed by atoms with Gasteiger partial charge in [-0.05, 0) is 42.8 Å². The van der Waals surface area contributed by atoms with E-state index in [1.807, 2.05) is 31.2 Å². The van der Waals surface area contributed by atoms with Crippen LogP contribution in [-0.4, -0.2) is 25.0 Å². The van der Waals surface area contributed by atoms with Crippen LogP contribution in [0, 0.1) is 12.7 Å². The molecule has 0 aliphatic carbocycles. The maximum absolute atomic E-state index is 14.3. The number of ether oxygens (including phenoxy) is 2. The summed E-state index contributed by atoms with van der Waals surface area (Å²) in [5, 5.41) is 2.09. The third kappa shape index (κ3) is 4.66. The largest absolute Gasteiger partial charge is 0.497 e. The monoisotopic (exact) mass is 460 g/mol. The minimum absolute atomic E-state index is 0.241. The number of methoxy groups -OCH3 is 1. The maximum atomic E-state index is 14.3. The van der Waals surface area contributed by atoms with Crippen molar-refractivity contribution in [2.45, 2.75) is 13.5 Å². The number of anilines is 1. The molecule has 172 valence electrons. The molecule has 1 aliphatic rings. The number of aryl methyl sites for hydroxylation is 1. The first-order valence-corrected chi connectivity index (χ1v) is 10.4. The Labute approximate surface area is 195 Å². The van der Waals surface area contributed by atoms with Crippen LogP contribution in [0.25, 0.3) is 6.08 Å². The van der Waals surface area contributed by atoms with Gasteiger partial charge in [0.15, 0.2) is 0 Å². The van der Waals surface area contributed by atoms with Crippen LogP contribution in [-0.2, 0) is 16.2 Å². The first-order valence-electron chi connectivity index (χ1n) is 10.4. The second-order valence-electron chi connectivity index (χ2n) is 7.59. The van der Waals surface area contributed by atoms with Crippen LogP contribution in [0.2, 0.25) is 0 Å². The van der Waals surface area contributed by atoms with E-state index in [9.17, 15) is 18.8 Å². The van der Waals surface area contributed by atoms with Gasteiger partial charge in [-0.15, -0.1) is 0 Å². The van der Waals surface area contributed by atoms with Crippen LogP contribution < -0.4 is 19.7 Å². The van der Waals surface area contributed by atoms with Crippen molar-refractivity contribution >= 4 is 29.6 Å². The predicted octanol–water partition coefficient (Wildman–Crippen LogP) is 4.39. The van der Waals surface area contributed by atoms with E-state index in [2.05, 4.69) is 5.32 Å². The Hall–Kier alpha value is -4.46. The van der Waals surface area contributed by atoms with Crippen molar-refractivity contribution in [3.63, 3.8) is 0 Å². The van der Waals surface area contributed by atoms with Crippen molar-refractivity contribution in [3.8, 4) is 11.5 Å². The van der Waals surface area contributed by atoms with Crippen LogP contribution in [0.4, 0.5) is 14.9 Å². The molecule has 3 aromatic rings. The number of hydrogen-bond donors (Lipinski definition) is 1. The molecule has 7 nitrogen and oxygen atoms in total. The number of benzene rings is 3. The van der Waals surface area contributed by atoms with Gasteiger partial charge in [-0.3, -0.25) is 14.9 Å². The van der Waals surface area contributed by atoms with Gasteiger partial charge in [-0.1, -0.05) is 42.0 Å². The number of urea groups is 1. The topological polar surface area (TPSA) is 84.9 Å². The molecule has 1 aliphatic heterocycles. The molecule has 4 amide bonds. The van der Waals surface area contributed by atoms with Gasteiger partial charge in [0, 0.05) is 11.6 Å². The van der Waals surface area contributed by atoms with Gasteiger partial charge in [0.05, 0.1) is 12.8 Å². The molecule has 0 saturated carbocycles. The molecule has 1 saturated heterocycles. The number of barbiturate groups is 1. The van der Waals surface area contributed by atoms with E-state index in [1.165, 1.54) is 31.4 Å². The normalized spacial score (nSPS) is 14.9. The summed E-state index contributed by atoms with van der Waals surface area (Å²) in [5.74, 6) is -1.72. The highest BCUT2D eigenvalue weighted by Gasteiger charge is 2.38. The van der Waals surface area contributed by atoms with E-state index in [-0.39, 0.29) is 17.9 Å². The van der Waals surface area contributed by atoms with Crippen molar-refractivity contribution in [2.75, 3.05) is 12.0 Å². The Morgan fingerprint density at radius 3 is 2.53 bits per heavy atom. The van der Waals surface area contributed by atoms with Crippen LogP contribution in [0.3, 0.4) is 0 Å². The Morgan fingerprint density at radius 2 is 1.79 bits per heavy atom. The van der Waals surface area contributed by atoms with Gasteiger partial charge in [0.1, 0.15) is 29.5 Å². The van der Waals surface area contributed by atoms with E-state index in [0.29, 0.717) is 22.0 Å². The molecule has 34 heavy (non-hydrogen) atoms. The fourth-order valence-electron chi connectivity index (χ4n) is 3.51. The Bertz CT molecular complexity index is 1320. The zero-order chi connectivity index (χ0) is 24.2. The average molecular weight is 460 g/mol. The van der Waals surface area contributed by atoms with E-state index in [1.54, 1.807) is 18.2 Å². The molecule has 0 atom stereocenters. The smallest absolute Gasteiger partial charge is 0.336 e. The van der Waals surface area contributed by atoms with Crippen LogP contribution in [0.5, 0.6) is 11.5 Å². The first-order chi connectivity index (χ1) is 16.4. The van der Waals surface area contributed by atoms with Gasteiger partial charge >= 0.3 is 6.03 Å². The number of nitrogens with one attached hydrogen (secondary N) is 1. The summed E-state index contributed by atoms with van der Waals surface area (Å²) in [6, 6.07) is 17.0. The molecule has 0 radical (unpaired) electrons. The number of amides is 4. The number of rotatable bonds is 6. The minimum atomic E-state index is -1.03. The Balaban J connectivity index is 1.70. The number of imide groups is 2. The Kier molecular flexibility index (Phi) is 6.40. The molecule has 1 fully saturated rings. The van der Waals surface area contributed by atoms with Crippen molar-refractivity contribution in [3.05, 3.63) is 94.8 Å².